The van der Waals surface area contributed by atoms with Gasteiger partial charge in [-0.1, -0.05) is 32.9 Å². The van der Waals surface area contributed by atoms with Crippen molar-refractivity contribution in [3.05, 3.63) is 53.3 Å². The van der Waals surface area contributed by atoms with Crippen LogP contribution in [-0.4, -0.2) is 50.7 Å². The van der Waals surface area contributed by atoms with Gasteiger partial charge in [0.25, 0.3) is 0 Å². The minimum absolute atomic E-state index is 0.0132. The Labute approximate surface area is 260 Å². The van der Waals surface area contributed by atoms with E-state index in [4.69, 9.17) is 19.9 Å². The van der Waals surface area contributed by atoms with Crippen LogP contribution in [-0.2, 0) is 22.5 Å². The third-order valence-corrected chi connectivity index (χ3v) is 7.72. The van der Waals surface area contributed by atoms with Crippen LogP contribution in [0.4, 0.5) is 22.4 Å². The highest BCUT2D eigenvalue weighted by atomic mass is 19.4. The number of hydrogen-bond acceptors (Lipinski definition) is 7. The lowest BCUT2D eigenvalue weighted by Gasteiger charge is -2.38. The molecule has 2 aromatic carbocycles. The number of alkyl carbamates (subject to hydrolysis) is 1. The predicted molar refractivity (Wildman–Crippen MR) is 161 cm³/mol. The van der Waals surface area contributed by atoms with Crippen molar-refractivity contribution in [2.24, 2.45) is 16.1 Å². The maximum absolute atomic E-state index is 13.7. The Morgan fingerprint density at radius 1 is 0.933 bits per heavy atom. The largest absolute Gasteiger partial charge is 0.573 e. The van der Waals surface area contributed by atoms with Crippen LogP contribution in [0.25, 0.3) is 0 Å². The second-order valence-electron chi connectivity index (χ2n) is 10.5. The molecule has 2 amide bonds. The molecule has 0 aliphatic rings. The first-order chi connectivity index (χ1) is 21.2. The Morgan fingerprint density at radius 2 is 1.53 bits per heavy atom. The minimum Gasteiger partial charge on any atom is -0.493 e. The number of guanidine groups is 1. The fraction of sp³-hybridized carbons (Fsp3) is 0.516. The molecule has 0 aliphatic carbocycles. The van der Waals surface area contributed by atoms with Crippen molar-refractivity contribution in [3.8, 4) is 17.2 Å². The first kappa shape index (κ1) is 37.0. The molecular formula is C31H42F4N4O6. The maximum Gasteiger partial charge on any atom is 0.573 e. The molecule has 0 saturated carbocycles. The summed E-state index contributed by atoms with van der Waals surface area (Å²) < 4.78 is 71.0. The summed E-state index contributed by atoms with van der Waals surface area (Å²) in [6.45, 7) is 7.52. The Bertz CT molecular complexity index is 1310. The molecule has 2 rings (SSSR count). The number of amides is 2. The van der Waals surface area contributed by atoms with Gasteiger partial charge in [-0.15, -0.1) is 13.2 Å². The number of nitrogens with zero attached hydrogens (tertiary/aromatic N) is 1. The molecule has 10 nitrogen and oxygen atoms in total. The van der Waals surface area contributed by atoms with Gasteiger partial charge >= 0.3 is 12.5 Å². The van der Waals surface area contributed by atoms with Gasteiger partial charge in [0.1, 0.15) is 6.10 Å². The summed E-state index contributed by atoms with van der Waals surface area (Å²) in [5.74, 6) is -1.64. The first-order valence-corrected chi connectivity index (χ1v) is 14.5. The molecule has 0 bridgehead atoms. The van der Waals surface area contributed by atoms with E-state index in [0.29, 0.717) is 17.1 Å². The van der Waals surface area contributed by atoms with Crippen LogP contribution in [0.2, 0.25) is 0 Å². The highest BCUT2D eigenvalue weighted by Crippen LogP contribution is 2.39. The van der Waals surface area contributed by atoms with Crippen molar-refractivity contribution in [1.82, 2.24) is 10.6 Å². The van der Waals surface area contributed by atoms with Crippen molar-refractivity contribution >= 4 is 18.0 Å². The summed E-state index contributed by atoms with van der Waals surface area (Å²) in [7, 11) is 3.02. The minimum atomic E-state index is -5.07. The molecule has 4 N–H and O–H groups in total. The van der Waals surface area contributed by atoms with Crippen LogP contribution >= 0.6 is 0 Å². The van der Waals surface area contributed by atoms with Gasteiger partial charge in [-0.2, -0.15) is 0 Å². The zero-order valence-electron chi connectivity index (χ0n) is 26.3. The molecule has 45 heavy (non-hydrogen) atoms. The number of ether oxygens (including phenoxy) is 4. The van der Waals surface area contributed by atoms with Crippen LogP contribution in [0.1, 0.15) is 64.5 Å². The smallest absolute Gasteiger partial charge is 0.493 e. The van der Waals surface area contributed by atoms with E-state index in [1.54, 1.807) is 25.1 Å². The number of nitrogens with two attached hydrogens (primary N) is 1. The molecule has 0 fully saturated rings. The molecular weight excluding hydrogens is 600 g/mol. The number of nitrogens with one attached hydrogen (secondary N) is 2. The number of alkyl halides is 3. The molecule has 14 heteroatoms. The standard InChI is InChI=1S/C31H42F4N4O6/c1-7-30(8-2,9-3)26(38-28(36)39-27(40)17-20-11-13-23(42-5)25(15-20)43-6)14-19(4)44-29(41)37-18-21-10-12-22(32)24(16-21)45-31(33,34)35/h10-13,15-16,19,26H,7-9,14,17-18H2,1-6H3,(H,37,41)(H3,36,38,39,40)/t19-,26?/m1/s1. The van der Waals surface area contributed by atoms with E-state index in [-0.39, 0.29) is 42.2 Å². The molecule has 0 heterocycles. The summed E-state index contributed by atoms with van der Waals surface area (Å²) in [6, 6.07) is 7.57. The average Bonchev–Trinajstić information content (AvgIpc) is 2.97. The maximum atomic E-state index is 13.7. The first-order valence-electron chi connectivity index (χ1n) is 14.5. The van der Waals surface area contributed by atoms with Gasteiger partial charge in [0.05, 0.1) is 26.7 Å². The van der Waals surface area contributed by atoms with Gasteiger partial charge in [-0.25, -0.2) is 14.2 Å². The molecule has 0 spiro atoms. The molecule has 1 unspecified atom stereocenters. The van der Waals surface area contributed by atoms with E-state index < -0.39 is 36.2 Å². The van der Waals surface area contributed by atoms with E-state index in [1.807, 2.05) is 20.8 Å². The second-order valence-corrected chi connectivity index (χ2v) is 10.5. The topological polar surface area (TPSA) is 134 Å². The van der Waals surface area contributed by atoms with Crippen molar-refractivity contribution in [3.63, 3.8) is 0 Å². The van der Waals surface area contributed by atoms with E-state index in [0.717, 1.165) is 31.4 Å². The van der Waals surface area contributed by atoms with E-state index >= 15 is 0 Å². The zero-order chi connectivity index (χ0) is 33.8. The molecule has 0 aliphatic heterocycles. The quantitative estimate of drug-likeness (QED) is 0.123. The molecule has 2 atom stereocenters. The SMILES string of the molecule is CCC(CC)(CC)C(C[C@@H](C)OC(=O)NCc1ccc(F)c(OC(F)(F)F)c1)N=C(N)NC(=O)Cc1ccc(OC)c(OC)c1. The number of carbonyl (C=O) groups is 2. The fourth-order valence-electron chi connectivity index (χ4n) is 5.08. The number of halogens is 4. The predicted octanol–water partition coefficient (Wildman–Crippen LogP) is 6.00. The van der Waals surface area contributed by atoms with E-state index in [9.17, 15) is 27.2 Å². The number of hydrogen-bond donors (Lipinski definition) is 3. The molecule has 0 radical (unpaired) electrons. The lowest BCUT2D eigenvalue weighted by molar-refractivity contribution is -0.275. The molecule has 2 aromatic rings. The van der Waals surface area contributed by atoms with Crippen molar-refractivity contribution in [2.75, 3.05) is 14.2 Å². The summed E-state index contributed by atoms with van der Waals surface area (Å²) in [4.78, 5) is 30.0. The summed E-state index contributed by atoms with van der Waals surface area (Å²) >= 11 is 0. The lowest BCUT2D eigenvalue weighted by atomic mass is 9.72. The lowest BCUT2D eigenvalue weighted by Crippen LogP contribution is -2.43. The Balaban J connectivity index is 2.09. The molecule has 250 valence electrons. The van der Waals surface area contributed by atoms with Crippen LogP contribution < -0.4 is 30.6 Å². The Kier molecular flexibility index (Phi) is 13.7. The third-order valence-electron chi connectivity index (χ3n) is 7.72. The molecule has 0 saturated heterocycles. The van der Waals surface area contributed by atoms with Crippen LogP contribution in [0.3, 0.4) is 0 Å². The monoisotopic (exact) mass is 642 g/mol. The highest BCUT2D eigenvalue weighted by Gasteiger charge is 2.36. The van der Waals surface area contributed by atoms with Crippen molar-refractivity contribution < 1.29 is 46.1 Å². The third kappa shape index (κ3) is 11.3. The molecule has 0 aromatic heterocycles. The van der Waals surface area contributed by atoms with Crippen LogP contribution in [0.5, 0.6) is 17.2 Å². The van der Waals surface area contributed by atoms with Crippen molar-refractivity contribution in [2.45, 2.75) is 84.9 Å². The van der Waals surface area contributed by atoms with Gasteiger partial charge < -0.3 is 30.0 Å². The fourth-order valence-corrected chi connectivity index (χ4v) is 5.08. The van der Waals surface area contributed by atoms with E-state index in [1.165, 1.54) is 20.3 Å². The number of benzene rings is 2. The average molecular weight is 643 g/mol. The van der Waals surface area contributed by atoms with Gasteiger partial charge in [0.15, 0.2) is 29.0 Å². The van der Waals surface area contributed by atoms with Gasteiger partial charge in [0, 0.05) is 13.0 Å². The summed E-state index contributed by atoms with van der Waals surface area (Å²) in [5.41, 5.74) is 6.72. The van der Waals surface area contributed by atoms with Gasteiger partial charge in [0.2, 0.25) is 5.91 Å². The summed E-state index contributed by atoms with van der Waals surface area (Å²) in [6.07, 6.45) is -4.04. The second kappa shape index (κ2) is 16.7. The van der Waals surface area contributed by atoms with Crippen LogP contribution in [0, 0.1) is 11.2 Å². The number of rotatable bonds is 15. The number of methoxy groups -OCH3 is 2. The van der Waals surface area contributed by atoms with Gasteiger partial charge in [-0.05, 0) is 67.0 Å². The normalized spacial score (nSPS) is 13.4. The Morgan fingerprint density at radius 3 is 2.11 bits per heavy atom. The highest BCUT2D eigenvalue weighted by molar-refractivity contribution is 5.97. The Hall–Kier alpha value is -4.23. The van der Waals surface area contributed by atoms with Gasteiger partial charge in [-0.3, -0.25) is 10.1 Å². The number of carbonyl (C=O) groups excluding carboxylic acids is 2. The van der Waals surface area contributed by atoms with Crippen molar-refractivity contribution in [1.29, 1.82) is 0 Å². The zero-order valence-corrected chi connectivity index (χ0v) is 26.3. The van der Waals surface area contributed by atoms with E-state index in [2.05, 4.69) is 20.4 Å². The number of aliphatic imine (C=N–C) groups is 1. The van der Waals surface area contributed by atoms with Crippen LogP contribution in [0.15, 0.2) is 41.4 Å². The summed E-state index contributed by atoms with van der Waals surface area (Å²) in [5, 5.41) is 5.08.